The van der Waals surface area contributed by atoms with Crippen molar-refractivity contribution < 1.29 is 13.2 Å². The highest BCUT2D eigenvalue weighted by Gasteiger charge is 2.26. The summed E-state index contributed by atoms with van der Waals surface area (Å²) >= 11 is 5.47. The molecule has 6 nitrogen and oxygen atoms in total. The van der Waals surface area contributed by atoms with E-state index in [1.807, 2.05) is 54.6 Å². The van der Waals surface area contributed by atoms with Gasteiger partial charge in [-0.25, -0.2) is 8.42 Å². The van der Waals surface area contributed by atoms with E-state index in [2.05, 4.69) is 10.6 Å². The van der Waals surface area contributed by atoms with Crippen LogP contribution in [-0.4, -0.2) is 44.1 Å². The van der Waals surface area contributed by atoms with Crippen molar-refractivity contribution in [3.63, 3.8) is 0 Å². The highest BCUT2D eigenvalue weighted by Crippen LogP contribution is 2.28. The van der Waals surface area contributed by atoms with Crippen LogP contribution in [0.5, 0.6) is 0 Å². The molecule has 160 valence electrons. The molecule has 1 fully saturated rings. The molecule has 0 amide bonds. The Morgan fingerprint density at radius 1 is 0.839 bits per heavy atom. The van der Waals surface area contributed by atoms with Gasteiger partial charge in [-0.15, -0.1) is 0 Å². The fraction of sp³-hybridized carbons (Fsp3) is 0.174. The summed E-state index contributed by atoms with van der Waals surface area (Å²) in [6.45, 7) is 1.58. The summed E-state index contributed by atoms with van der Waals surface area (Å²) in [7, 11) is -3.51. The molecule has 0 unspecified atom stereocenters. The van der Waals surface area contributed by atoms with Crippen molar-refractivity contribution in [3.8, 4) is 11.1 Å². The number of para-hydroxylation sites is 1. The molecule has 8 heteroatoms. The minimum absolute atomic E-state index is 0.258. The number of anilines is 2. The Kier molecular flexibility index (Phi) is 6.62. The van der Waals surface area contributed by atoms with Crippen molar-refractivity contribution in [2.45, 2.75) is 4.90 Å². The van der Waals surface area contributed by atoms with E-state index in [1.54, 1.807) is 24.3 Å². The van der Waals surface area contributed by atoms with Gasteiger partial charge in [-0.1, -0.05) is 48.5 Å². The van der Waals surface area contributed by atoms with E-state index in [0.29, 0.717) is 37.1 Å². The molecular weight excluding hydrogens is 430 g/mol. The quantitative estimate of drug-likeness (QED) is 0.565. The van der Waals surface area contributed by atoms with Gasteiger partial charge in [0, 0.05) is 30.0 Å². The lowest BCUT2D eigenvalue weighted by atomic mass is 10.0. The second-order valence-electron chi connectivity index (χ2n) is 7.03. The van der Waals surface area contributed by atoms with Crippen LogP contribution in [0.2, 0.25) is 0 Å². The number of nitrogens with zero attached hydrogens (tertiary/aromatic N) is 1. The molecule has 4 rings (SSSR count). The van der Waals surface area contributed by atoms with Crippen LogP contribution >= 0.6 is 12.2 Å². The number of thiocarbonyl (C=S) groups is 1. The predicted octanol–water partition coefficient (Wildman–Crippen LogP) is 4.18. The lowest BCUT2D eigenvalue weighted by Gasteiger charge is -2.26. The average molecular weight is 454 g/mol. The largest absolute Gasteiger partial charge is 0.379 e. The van der Waals surface area contributed by atoms with Crippen LogP contribution in [0.4, 0.5) is 11.4 Å². The average Bonchev–Trinajstić information content (AvgIpc) is 2.81. The third-order valence-corrected chi connectivity index (χ3v) is 7.10. The van der Waals surface area contributed by atoms with Gasteiger partial charge in [0.05, 0.1) is 18.1 Å². The Morgan fingerprint density at radius 3 is 2.19 bits per heavy atom. The first kappa shape index (κ1) is 21.5. The number of rotatable bonds is 5. The van der Waals surface area contributed by atoms with Crippen molar-refractivity contribution in [2.75, 3.05) is 36.9 Å². The van der Waals surface area contributed by atoms with Gasteiger partial charge in [0.1, 0.15) is 0 Å². The third-order valence-electron chi connectivity index (χ3n) is 4.98. The number of benzene rings is 3. The number of sulfonamides is 1. The van der Waals surface area contributed by atoms with E-state index < -0.39 is 10.0 Å². The van der Waals surface area contributed by atoms with Gasteiger partial charge < -0.3 is 15.4 Å². The molecule has 0 aromatic heterocycles. The molecule has 2 N–H and O–H groups in total. The zero-order valence-electron chi connectivity index (χ0n) is 16.8. The van der Waals surface area contributed by atoms with Gasteiger partial charge in [-0.05, 0) is 48.1 Å². The fourth-order valence-corrected chi connectivity index (χ4v) is 5.03. The maximum Gasteiger partial charge on any atom is 0.243 e. The van der Waals surface area contributed by atoms with Gasteiger partial charge in [-0.3, -0.25) is 0 Å². The van der Waals surface area contributed by atoms with Gasteiger partial charge in [0.15, 0.2) is 5.11 Å². The maximum absolute atomic E-state index is 12.7. The standard InChI is InChI=1S/C23H23N3O3S2/c27-31(28,26-14-16-29-17-15-26)20-12-10-19(11-13-20)24-23(30)25-22-9-5-4-8-21(22)18-6-2-1-3-7-18/h1-13H,14-17H2,(H2,24,25,30). The molecule has 1 aliphatic heterocycles. The van der Waals surface area contributed by atoms with E-state index >= 15 is 0 Å². The second-order valence-corrected chi connectivity index (χ2v) is 9.38. The SMILES string of the molecule is O=S(=O)(c1ccc(NC(=S)Nc2ccccc2-c2ccccc2)cc1)N1CCOCC1. The summed E-state index contributed by atoms with van der Waals surface area (Å²) in [4.78, 5) is 0.258. The third kappa shape index (κ3) is 5.11. The van der Waals surface area contributed by atoms with E-state index in [4.69, 9.17) is 17.0 Å². The maximum atomic E-state index is 12.7. The highest BCUT2D eigenvalue weighted by molar-refractivity contribution is 7.89. The molecule has 3 aromatic carbocycles. The second kappa shape index (κ2) is 9.57. The normalized spacial score (nSPS) is 14.7. The summed E-state index contributed by atoms with van der Waals surface area (Å²) in [6.07, 6.45) is 0. The van der Waals surface area contributed by atoms with E-state index in [1.165, 1.54) is 4.31 Å². The van der Waals surface area contributed by atoms with Crippen molar-refractivity contribution in [1.29, 1.82) is 0 Å². The smallest absolute Gasteiger partial charge is 0.243 e. The molecule has 0 bridgehead atoms. The van der Waals surface area contributed by atoms with Crippen LogP contribution in [-0.2, 0) is 14.8 Å². The zero-order chi connectivity index (χ0) is 21.7. The molecule has 0 spiro atoms. The summed E-state index contributed by atoms with van der Waals surface area (Å²) in [5.74, 6) is 0. The van der Waals surface area contributed by atoms with Crippen LogP contribution in [0.1, 0.15) is 0 Å². The summed E-state index contributed by atoms with van der Waals surface area (Å²) in [6, 6.07) is 24.6. The molecule has 1 aliphatic rings. The first-order valence-corrected chi connectivity index (χ1v) is 11.8. The molecule has 3 aromatic rings. The Balaban J connectivity index is 1.44. The van der Waals surface area contributed by atoms with Crippen molar-refractivity contribution in [1.82, 2.24) is 4.31 Å². The van der Waals surface area contributed by atoms with E-state index in [9.17, 15) is 8.42 Å². The topological polar surface area (TPSA) is 70.7 Å². The molecule has 1 heterocycles. The van der Waals surface area contributed by atoms with Gasteiger partial charge in [0.25, 0.3) is 0 Å². The van der Waals surface area contributed by atoms with Crippen molar-refractivity contribution >= 4 is 38.7 Å². The monoisotopic (exact) mass is 453 g/mol. The van der Waals surface area contributed by atoms with E-state index in [0.717, 1.165) is 16.8 Å². The Labute approximate surface area is 187 Å². The molecule has 0 saturated carbocycles. The Morgan fingerprint density at radius 2 is 1.48 bits per heavy atom. The molecule has 0 atom stereocenters. The predicted molar refractivity (Wildman–Crippen MR) is 128 cm³/mol. The Bertz CT molecular complexity index is 1140. The molecule has 0 radical (unpaired) electrons. The highest BCUT2D eigenvalue weighted by atomic mass is 32.2. The number of ether oxygens (including phenoxy) is 1. The minimum Gasteiger partial charge on any atom is -0.379 e. The number of nitrogens with one attached hydrogen (secondary N) is 2. The summed E-state index contributed by atoms with van der Waals surface area (Å²) in [5.41, 5.74) is 3.72. The van der Waals surface area contributed by atoms with E-state index in [-0.39, 0.29) is 4.90 Å². The number of hydrogen-bond donors (Lipinski definition) is 2. The number of morpholine rings is 1. The van der Waals surface area contributed by atoms with Crippen molar-refractivity contribution in [3.05, 3.63) is 78.9 Å². The first-order valence-electron chi connectivity index (χ1n) is 9.94. The van der Waals surface area contributed by atoms with Crippen LogP contribution < -0.4 is 10.6 Å². The molecule has 0 aliphatic carbocycles. The van der Waals surface area contributed by atoms with Gasteiger partial charge in [-0.2, -0.15) is 4.31 Å². The van der Waals surface area contributed by atoms with Crippen LogP contribution in [0, 0.1) is 0 Å². The van der Waals surface area contributed by atoms with Crippen LogP contribution in [0.25, 0.3) is 11.1 Å². The van der Waals surface area contributed by atoms with Gasteiger partial charge >= 0.3 is 0 Å². The minimum atomic E-state index is -3.51. The van der Waals surface area contributed by atoms with Crippen molar-refractivity contribution in [2.24, 2.45) is 0 Å². The lowest BCUT2D eigenvalue weighted by molar-refractivity contribution is 0.0730. The lowest BCUT2D eigenvalue weighted by Crippen LogP contribution is -2.40. The zero-order valence-corrected chi connectivity index (χ0v) is 18.5. The summed E-state index contributed by atoms with van der Waals surface area (Å²) in [5, 5.41) is 6.78. The first-order chi connectivity index (χ1) is 15.0. The van der Waals surface area contributed by atoms with Gasteiger partial charge in [0.2, 0.25) is 10.0 Å². The molecular formula is C23H23N3O3S2. The molecule has 1 saturated heterocycles. The Hall–Kier alpha value is -2.78. The number of hydrogen-bond acceptors (Lipinski definition) is 4. The molecule has 31 heavy (non-hydrogen) atoms. The summed E-state index contributed by atoms with van der Waals surface area (Å²) < 4.78 is 32.2. The fourth-order valence-electron chi connectivity index (χ4n) is 3.39. The van der Waals surface area contributed by atoms with Crippen LogP contribution in [0.15, 0.2) is 83.8 Å². The van der Waals surface area contributed by atoms with Crippen LogP contribution in [0.3, 0.4) is 0 Å².